The highest BCUT2D eigenvalue weighted by Gasteiger charge is 2.34. The minimum Gasteiger partial charge on any atom is -0.348 e. The van der Waals surface area contributed by atoms with Crippen LogP contribution in [0.15, 0.2) is 30.3 Å². The molecule has 2 aromatic rings. The molecule has 0 radical (unpaired) electrons. The minimum atomic E-state index is -0.342. The van der Waals surface area contributed by atoms with Crippen molar-refractivity contribution in [1.29, 1.82) is 5.26 Å². The van der Waals surface area contributed by atoms with Gasteiger partial charge in [0.2, 0.25) is 5.91 Å². The monoisotopic (exact) mass is 382 g/mol. The first-order chi connectivity index (χ1) is 13.0. The third kappa shape index (κ3) is 4.34. The van der Waals surface area contributed by atoms with Crippen molar-refractivity contribution in [2.75, 3.05) is 7.05 Å². The molecule has 1 N–H and O–H groups in total. The predicted molar refractivity (Wildman–Crippen MR) is 104 cm³/mol. The summed E-state index contributed by atoms with van der Waals surface area (Å²) in [5, 5.41) is 12.0. The predicted octanol–water partition coefficient (Wildman–Crippen LogP) is 3.35. The van der Waals surface area contributed by atoms with E-state index in [1.165, 1.54) is 18.4 Å². The Labute approximate surface area is 162 Å². The molecule has 0 spiro atoms. The minimum absolute atomic E-state index is 0.178. The lowest BCUT2D eigenvalue weighted by molar-refractivity contribution is -0.133. The molecule has 0 aromatic carbocycles. The second-order valence-corrected chi connectivity index (χ2v) is 7.88. The molecule has 6 nitrogen and oxygen atoms in total. The number of nitrogens with zero attached hydrogens (tertiary/aromatic N) is 3. The molecule has 2 aromatic heterocycles. The van der Waals surface area contributed by atoms with Crippen LogP contribution in [0.25, 0.3) is 10.6 Å². The van der Waals surface area contributed by atoms with E-state index in [0.29, 0.717) is 11.3 Å². The Hall–Kier alpha value is -2.72. The molecular formula is C20H22N4O2S. The van der Waals surface area contributed by atoms with Crippen LogP contribution in [0.2, 0.25) is 0 Å². The molecule has 27 heavy (non-hydrogen) atoms. The van der Waals surface area contributed by atoms with Gasteiger partial charge >= 0.3 is 0 Å². The summed E-state index contributed by atoms with van der Waals surface area (Å²) in [6, 6.07) is 9.25. The van der Waals surface area contributed by atoms with Crippen LogP contribution >= 0.6 is 11.3 Å². The van der Waals surface area contributed by atoms with Gasteiger partial charge in [-0.2, -0.15) is 5.26 Å². The molecule has 2 heterocycles. The summed E-state index contributed by atoms with van der Waals surface area (Å²) in [5.41, 5.74) is 1.78. The number of hydrogen-bond acceptors (Lipinski definition) is 5. The molecule has 2 amide bonds. The highest BCUT2D eigenvalue weighted by Crippen LogP contribution is 2.29. The summed E-state index contributed by atoms with van der Waals surface area (Å²) in [6.45, 7) is 1.93. The lowest BCUT2D eigenvalue weighted by atomic mass is 9.83. The molecule has 0 aliphatic heterocycles. The van der Waals surface area contributed by atoms with Gasteiger partial charge in [0.1, 0.15) is 0 Å². The van der Waals surface area contributed by atoms with Gasteiger partial charge in [0.15, 0.2) is 6.19 Å². The fraction of sp³-hybridized carbons (Fsp3) is 0.400. The highest BCUT2D eigenvalue weighted by molar-refractivity contribution is 7.17. The molecule has 0 unspecified atom stereocenters. The summed E-state index contributed by atoms with van der Waals surface area (Å²) >= 11 is 1.39. The van der Waals surface area contributed by atoms with Crippen molar-refractivity contribution >= 4 is 23.2 Å². The van der Waals surface area contributed by atoms with Crippen molar-refractivity contribution in [3.63, 3.8) is 0 Å². The number of aryl methyl sites for hydroxylation is 1. The van der Waals surface area contributed by atoms with Crippen LogP contribution in [0.5, 0.6) is 0 Å². The van der Waals surface area contributed by atoms with E-state index in [1.807, 2.05) is 37.4 Å². The maximum Gasteiger partial charge on any atom is 0.261 e. The van der Waals surface area contributed by atoms with Crippen molar-refractivity contribution in [2.24, 2.45) is 5.92 Å². The number of carbonyl (C=O) groups is 2. The number of aromatic nitrogens is 1. The Morgan fingerprint density at radius 1 is 1.26 bits per heavy atom. The molecule has 1 aliphatic carbocycles. The van der Waals surface area contributed by atoms with E-state index in [1.54, 1.807) is 6.07 Å². The summed E-state index contributed by atoms with van der Waals surface area (Å²) in [5.74, 6) is -0.744. The van der Waals surface area contributed by atoms with Gasteiger partial charge in [-0.15, -0.1) is 11.3 Å². The molecule has 0 saturated heterocycles. The van der Waals surface area contributed by atoms with Crippen LogP contribution in [-0.2, 0) is 4.79 Å². The molecule has 140 valence electrons. The van der Waals surface area contributed by atoms with Crippen LogP contribution in [0, 0.1) is 24.3 Å². The number of thiophene rings is 1. The fourth-order valence-electron chi connectivity index (χ4n) is 3.41. The Bertz CT molecular complexity index is 886. The average molecular weight is 382 g/mol. The lowest BCUT2D eigenvalue weighted by Gasteiger charge is -2.31. The molecule has 1 saturated carbocycles. The number of amides is 2. The van der Waals surface area contributed by atoms with Crippen molar-refractivity contribution in [2.45, 2.75) is 38.6 Å². The first-order valence-corrected chi connectivity index (χ1v) is 9.83. The van der Waals surface area contributed by atoms with E-state index >= 15 is 0 Å². The zero-order valence-electron chi connectivity index (χ0n) is 15.4. The van der Waals surface area contributed by atoms with Crippen molar-refractivity contribution in [3.05, 3.63) is 40.9 Å². The molecule has 1 aliphatic rings. The second kappa shape index (κ2) is 8.31. The summed E-state index contributed by atoms with van der Waals surface area (Å²) in [4.78, 5) is 32.2. The number of carbonyl (C=O) groups excluding carboxylic acids is 2. The standard InChI is InChI=1S/C20H22N4O2S/c1-13-6-5-9-16(22-13)17-10-11-18(27-17)19(25)23-15-8-4-3-7-14(15)20(26)24(2)12-21/h5-6,9-11,14-15H,3-4,7-8H2,1-2H3,(H,23,25)/t14-,15+/m1/s1. The van der Waals surface area contributed by atoms with E-state index in [9.17, 15) is 9.59 Å². The van der Waals surface area contributed by atoms with Gasteiger partial charge in [0.25, 0.3) is 5.91 Å². The molecule has 7 heteroatoms. The van der Waals surface area contributed by atoms with Gasteiger partial charge in [-0.25, -0.2) is 0 Å². The van der Waals surface area contributed by atoms with Gasteiger partial charge in [0, 0.05) is 18.8 Å². The van der Waals surface area contributed by atoms with Crippen molar-refractivity contribution in [3.8, 4) is 16.8 Å². The van der Waals surface area contributed by atoms with Gasteiger partial charge in [-0.3, -0.25) is 19.5 Å². The number of nitriles is 1. The average Bonchev–Trinajstić information content (AvgIpc) is 3.17. The molecule has 3 rings (SSSR count). The maximum absolute atomic E-state index is 12.7. The van der Waals surface area contributed by atoms with Gasteiger partial charge in [0.05, 0.1) is 21.4 Å². The highest BCUT2D eigenvalue weighted by atomic mass is 32.1. The van der Waals surface area contributed by atoms with Crippen LogP contribution in [0.3, 0.4) is 0 Å². The van der Waals surface area contributed by atoms with E-state index < -0.39 is 0 Å². The summed E-state index contributed by atoms with van der Waals surface area (Å²) < 4.78 is 0. The molecule has 0 bridgehead atoms. The Morgan fingerprint density at radius 2 is 2.04 bits per heavy atom. The van der Waals surface area contributed by atoms with Gasteiger partial charge in [-0.05, 0) is 44.0 Å². The lowest BCUT2D eigenvalue weighted by Crippen LogP contribution is -2.47. The number of pyridine rings is 1. The van der Waals surface area contributed by atoms with Crippen LogP contribution < -0.4 is 5.32 Å². The summed E-state index contributed by atoms with van der Waals surface area (Å²) in [7, 11) is 1.47. The Balaban J connectivity index is 1.72. The SMILES string of the molecule is Cc1cccc(-c2ccc(C(=O)N[C@H]3CCCC[C@H]3C(=O)N(C)C#N)s2)n1. The zero-order chi connectivity index (χ0) is 19.4. The smallest absolute Gasteiger partial charge is 0.261 e. The summed E-state index contributed by atoms with van der Waals surface area (Å²) in [6.07, 6.45) is 5.20. The number of rotatable bonds is 4. The van der Waals surface area contributed by atoms with Crippen LogP contribution in [-0.4, -0.2) is 34.8 Å². The molecule has 2 atom stereocenters. The van der Waals surface area contributed by atoms with Gasteiger partial charge in [-0.1, -0.05) is 18.9 Å². The third-order valence-corrected chi connectivity index (χ3v) is 5.96. The first kappa shape index (κ1) is 19.1. The Kier molecular flexibility index (Phi) is 5.87. The zero-order valence-corrected chi connectivity index (χ0v) is 16.3. The van der Waals surface area contributed by atoms with Crippen LogP contribution in [0.4, 0.5) is 0 Å². The maximum atomic E-state index is 12.7. The third-order valence-electron chi connectivity index (χ3n) is 4.85. The molecule has 1 fully saturated rings. The number of hydrogen-bond donors (Lipinski definition) is 1. The van der Waals surface area contributed by atoms with E-state index in [2.05, 4.69) is 10.3 Å². The molecular weight excluding hydrogens is 360 g/mol. The van der Waals surface area contributed by atoms with Crippen molar-refractivity contribution < 1.29 is 9.59 Å². The van der Waals surface area contributed by atoms with E-state index in [0.717, 1.165) is 40.4 Å². The van der Waals surface area contributed by atoms with Gasteiger partial charge < -0.3 is 5.32 Å². The largest absolute Gasteiger partial charge is 0.348 e. The van der Waals surface area contributed by atoms with Crippen LogP contribution in [0.1, 0.15) is 41.0 Å². The Morgan fingerprint density at radius 3 is 2.78 bits per heavy atom. The quantitative estimate of drug-likeness (QED) is 0.649. The van der Waals surface area contributed by atoms with E-state index in [4.69, 9.17) is 5.26 Å². The van der Waals surface area contributed by atoms with E-state index in [-0.39, 0.29) is 23.8 Å². The topological polar surface area (TPSA) is 86.1 Å². The second-order valence-electron chi connectivity index (χ2n) is 6.80. The van der Waals surface area contributed by atoms with Crippen molar-refractivity contribution in [1.82, 2.24) is 15.2 Å². The first-order valence-electron chi connectivity index (χ1n) is 9.01. The number of nitrogens with one attached hydrogen (secondary N) is 1. The fourth-order valence-corrected chi connectivity index (χ4v) is 4.29. The normalized spacial score (nSPS) is 19.1.